The normalized spacial score (nSPS) is 11.5. The van der Waals surface area contributed by atoms with Gasteiger partial charge in [0.05, 0.1) is 12.1 Å². The molecule has 2 aromatic heterocycles. The van der Waals surface area contributed by atoms with Gasteiger partial charge in [-0.1, -0.05) is 12.1 Å². The van der Waals surface area contributed by atoms with Gasteiger partial charge in [0.1, 0.15) is 23.5 Å². The minimum atomic E-state index is -0.463. The van der Waals surface area contributed by atoms with E-state index in [1.807, 2.05) is 24.3 Å². The van der Waals surface area contributed by atoms with E-state index in [-0.39, 0.29) is 11.6 Å². The minimum Gasteiger partial charge on any atom is -0.506 e. The molecule has 8 heteroatoms. The van der Waals surface area contributed by atoms with E-state index in [2.05, 4.69) is 20.2 Å². The van der Waals surface area contributed by atoms with Gasteiger partial charge >= 0.3 is 0 Å². The topological polar surface area (TPSA) is 101 Å². The number of allylic oxidation sites excluding steroid dienone is 1. The quantitative estimate of drug-likeness (QED) is 0.406. The summed E-state index contributed by atoms with van der Waals surface area (Å²) in [5.74, 6) is 0.198. The zero-order valence-electron chi connectivity index (χ0n) is 12.8. The number of nitrogens with zero attached hydrogens (tertiary/aromatic N) is 3. The van der Waals surface area contributed by atoms with Crippen molar-refractivity contribution < 1.29 is 14.6 Å². The summed E-state index contributed by atoms with van der Waals surface area (Å²) in [6, 6.07) is 7.70. The standard InChI is InChI=1S/C16H14N4O3S/c1-23-11-4-2-10(3-5-11)6-15-19-12(8-24-15)13(21)7-14(22)16-17-9-18-20-16/h2-5,7-9,21H,6H2,1H3,(H,17,18,20). The van der Waals surface area contributed by atoms with Gasteiger partial charge in [0.2, 0.25) is 5.78 Å². The summed E-state index contributed by atoms with van der Waals surface area (Å²) in [6.07, 6.45) is 2.94. The van der Waals surface area contributed by atoms with Gasteiger partial charge < -0.3 is 9.84 Å². The van der Waals surface area contributed by atoms with Crippen molar-refractivity contribution in [3.8, 4) is 5.75 Å². The molecule has 0 aliphatic rings. The molecule has 1 aromatic carbocycles. The molecule has 0 amide bonds. The van der Waals surface area contributed by atoms with Gasteiger partial charge in [-0.05, 0) is 17.7 Å². The summed E-state index contributed by atoms with van der Waals surface area (Å²) in [5, 5.41) is 18.6. The average Bonchev–Trinajstić information content (AvgIpc) is 3.27. The van der Waals surface area contributed by atoms with Gasteiger partial charge in [-0.15, -0.1) is 11.3 Å². The molecular formula is C16H14N4O3S. The third-order valence-electron chi connectivity index (χ3n) is 3.24. The number of rotatable bonds is 6. The number of thiazole rings is 1. The van der Waals surface area contributed by atoms with Crippen LogP contribution >= 0.6 is 11.3 Å². The lowest BCUT2D eigenvalue weighted by Gasteiger charge is -2.01. The summed E-state index contributed by atoms with van der Waals surface area (Å²) in [5.41, 5.74) is 1.44. The number of carbonyl (C=O) groups excluding carboxylic acids is 1. The molecule has 24 heavy (non-hydrogen) atoms. The van der Waals surface area contributed by atoms with Gasteiger partial charge in [0.25, 0.3) is 0 Å². The first-order valence-corrected chi connectivity index (χ1v) is 7.91. The number of hydrogen-bond acceptors (Lipinski definition) is 7. The van der Waals surface area contributed by atoms with E-state index in [9.17, 15) is 9.90 Å². The van der Waals surface area contributed by atoms with Crippen molar-refractivity contribution in [1.82, 2.24) is 20.2 Å². The van der Waals surface area contributed by atoms with E-state index in [1.54, 1.807) is 12.5 Å². The maximum Gasteiger partial charge on any atom is 0.226 e. The third kappa shape index (κ3) is 3.66. The molecule has 0 aliphatic heterocycles. The Labute approximate surface area is 141 Å². The van der Waals surface area contributed by atoms with E-state index in [0.717, 1.165) is 22.4 Å². The highest BCUT2D eigenvalue weighted by molar-refractivity contribution is 7.09. The Morgan fingerprint density at radius 3 is 2.83 bits per heavy atom. The van der Waals surface area contributed by atoms with E-state index in [1.165, 1.54) is 17.7 Å². The molecule has 7 nitrogen and oxygen atoms in total. The van der Waals surface area contributed by atoms with Crippen molar-refractivity contribution in [2.24, 2.45) is 0 Å². The van der Waals surface area contributed by atoms with Crippen molar-refractivity contribution in [3.63, 3.8) is 0 Å². The van der Waals surface area contributed by atoms with Crippen molar-refractivity contribution in [2.75, 3.05) is 7.11 Å². The maximum atomic E-state index is 11.8. The summed E-state index contributed by atoms with van der Waals surface area (Å²) in [7, 11) is 1.62. The molecule has 122 valence electrons. The third-order valence-corrected chi connectivity index (χ3v) is 4.09. The fourth-order valence-electron chi connectivity index (χ4n) is 2.02. The van der Waals surface area contributed by atoms with Crippen molar-refractivity contribution >= 4 is 22.9 Å². The molecule has 2 N–H and O–H groups in total. The number of nitrogens with one attached hydrogen (secondary N) is 1. The summed E-state index contributed by atoms with van der Waals surface area (Å²) in [6.45, 7) is 0. The van der Waals surface area contributed by atoms with E-state index in [4.69, 9.17) is 4.74 Å². The Balaban J connectivity index is 1.71. The Hall–Kier alpha value is -3.00. The lowest BCUT2D eigenvalue weighted by atomic mass is 10.1. The van der Waals surface area contributed by atoms with Crippen LogP contribution in [0, 0.1) is 0 Å². The highest BCUT2D eigenvalue weighted by Gasteiger charge is 2.11. The number of aromatic nitrogens is 4. The Bertz CT molecular complexity index is 854. The van der Waals surface area contributed by atoms with E-state index in [0.29, 0.717) is 12.1 Å². The number of aliphatic hydroxyl groups is 1. The fraction of sp³-hybridized carbons (Fsp3) is 0.125. The van der Waals surface area contributed by atoms with Crippen LogP contribution in [0.1, 0.15) is 26.9 Å². The van der Waals surface area contributed by atoms with Crippen LogP contribution in [0.2, 0.25) is 0 Å². The van der Waals surface area contributed by atoms with Crippen LogP contribution in [0.5, 0.6) is 5.75 Å². The first-order chi connectivity index (χ1) is 11.7. The Morgan fingerprint density at radius 1 is 1.38 bits per heavy atom. The van der Waals surface area contributed by atoms with Crippen LogP contribution in [-0.4, -0.2) is 38.2 Å². The minimum absolute atomic E-state index is 0.0650. The van der Waals surface area contributed by atoms with Crippen LogP contribution in [-0.2, 0) is 6.42 Å². The number of H-pyrrole nitrogens is 1. The predicted molar refractivity (Wildman–Crippen MR) is 89.2 cm³/mol. The number of ether oxygens (including phenoxy) is 1. The molecule has 0 atom stereocenters. The molecule has 0 radical (unpaired) electrons. The number of aliphatic hydroxyl groups excluding tert-OH is 1. The molecular weight excluding hydrogens is 328 g/mol. The zero-order chi connectivity index (χ0) is 16.9. The fourth-order valence-corrected chi connectivity index (χ4v) is 2.84. The molecule has 2 heterocycles. The van der Waals surface area contributed by atoms with Gasteiger partial charge in [-0.25, -0.2) is 9.97 Å². The number of aromatic amines is 1. The second-order valence-electron chi connectivity index (χ2n) is 4.88. The molecule has 3 rings (SSSR count). The maximum absolute atomic E-state index is 11.8. The SMILES string of the molecule is COc1ccc(Cc2nc(C(O)=CC(=O)c3ncn[nH]3)cs2)cc1. The van der Waals surface area contributed by atoms with Crippen LogP contribution < -0.4 is 4.74 Å². The van der Waals surface area contributed by atoms with Gasteiger partial charge in [0, 0.05) is 17.9 Å². The number of carbonyl (C=O) groups is 1. The highest BCUT2D eigenvalue weighted by atomic mass is 32.1. The Kier molecular flexibility index (Phi) is 4.66. The molecule has 0 spiro atoms. The monoisotopic (exact) mass is 342 g/mol. The first-order valence-electron chi connectivity index (χ1n) is 7.04. The summed E-state index contributed by atoms with van der Waals surface area (Å²) >= 11 is 1.42. The zero-order valence-corrected chi connectivity index (χ0v) is 13.6. The molecule has 3 aromatic rings. The van der Waals surface area contributed by atoms with Crippen LogP contribution in [0.3, 0.4) is 0 Å². The molecule has 0 unspecified atom stereocenters. The number of hydrogen-bond donors (Lipinski definition) is 2. The predicted octanol–water partition coefficient (Wildman–Crippen LogP) is 2.64. The Morgan fingerprint density at radius 2 is 2.17 bits per heavy atom. The van der Waals surface area contributed by atoms with Crippen LogP contribution in [0.4, 0.5) is 0 Å². The van der Waals surface area contributed by atoms with Crippen LogP contribution in [0.15, 0.2) is 42.0 Å². The number of ketones is 1. The van der Waals surface area contributed by atoms with E-state index < -0.39 is 5.78 Å². The number of benzene rings is 1. The van der Waals surface area contributed by atoms with Gasteiger partial charge in [-0.2, -0.15) is 5.10 Å². The molecule has 0 saturated heterocycles. The van der Waals surface area contributed by atoms with Crippen molar-refractivity contribution in [1.29, 1.82) is 0 Å². The second-order valence-corrected chi connectivity index (χ2v) is 5.82. The summed E-state index contributed by atoms with van der Waals surface area (Å²) < 4.78 is 5.12. The average molecular weight is 342 g/mol. The van der Waals surface area contributed by atoms with Crippen molar-refractivity contribution in [2.45, 2.75) is 6.42 Å². The number of methoxy groups -OCH3 is 1. The highest BCUT2D eigenvalue weighted by Crippen LogP contribution is 2.20. The van der Waals surface area contributed by atoms with Gasteiger partial charge in [0.15, 0.2) is 5.82 Å². The molecule has 0 aliphatic carbocycles. The molecule has 0 fully saturated rings. The first kappa shape index (κ1) is 15.9. The second kappa shape index (κ2) is 7.05. The smallest absolute Gasteiger partial charge is 0.226 e. The van der Waals surface area contributed by atoms with Crippen molar-refractivity contribution in [3.05, 3.63) is 64.1 Å². The molecule has 0 bridgehead atoms. The lowest BCUT2D eigenvalue weighted by Crippen LogP contribution is -1.99. The summed E-state index contributed by atoms with van der Waals surface area (Å²) in [4.78, 5) is 19.9. The van der Waals surface area contributed by atoms with E-state index >= 15 is 0 Å². The van der Waals surface area contributed by atoms with Crippen LogP contribution in [0.25, 0.3) is 5.76 Å². The lowest BCUT2D eigenvalue weighted by molar-refractivity contribution is 0.103. The largest absolute Gasteiger partial charge is 0.506 e. The molecule has 0 saturated carbocycles. The van der Waals surface area contributed by atoms with Gasteiger partial charge in [-0.3, -0.25) is 9.89 Å².